The number of anilines is 1. The molecule has 4 aromatic rings. The second kappa shape index (κ2) is 9.63. The standard InChI is InChI=1S/C25H24N2O3S2/c1-19-13-15-21(16-14-19)32(29,30)17-7-12-24(28)27(18-20-8-3-2-4-9-20)25-26-22-10-5-6-11-23(22)31-25/h2-6,8-11,13-16H,7,12,17-18H2,1H3. The van der Waals surface area contributed by atoms with E-state index in [1.165, 1.54) is 11.3 Å². The first kappa shape index (κ1) is 22.2. The molecule has 0 aliphatic rings. The molecule has 0 saturated carbocycles. The minimum Gasteiger partial charge on any atom is -0.284 e. The van der Waals surface area contributed by atoms with E-state index < -0.39 is 9.84 Å². The Balaban J connectivity index is 1.50. The first-order valence-electron chi connectivity index (χ1n) is 10.4. The fourth-order valence-corrected chi connectivity index (χ4v) is 5.71. The van der Waals surface area contributed by atoms with Crippen LogP contribution in [-0.2, 0) is 21.2 Å². The van der Waals surface area contributed by atoms with Crippen LogP contribution in [0, 0.1) is 6.92 Å². The molecule has 1 heterocycles. The van der Waals surface area contributed by atoms with Crippen LogP contribution in [-0.4, -0.2) is 25.1 Å². The SMILES string of the molecule is Cc1ccc(S(=O)(=O)CCCC(=O)N(Cc2ccccc2)c2nc3ccccc3s2)cc1. The maximum absolute atomic E-state index is 13.2. The first-order valence-corrected chi connectivity index (χ1v) is 12.9. The van der Waals surface area contributed by atoms with Crippen LogP contribution in [0.25, 0.3) is 10.2 Å². The molecule has 0 unspecified atom stereocenters. The van der Waals surface area contributed by atoms with Crippen molar-refractivity contribution in [3.05, 3.63) is 90.0 Å². The highest BCUT2D eigenvalue weighted by Gasteiger charge is 2.21. The molecule has 3 aromatic carbocycles. The monoisotopic (exact) mass is 464 g/mol. The summed E-state index contributed by atoms with van der Waals surface area (Å²) in [5, 5.41) is 0.626. The lowest BCUT2D eigenvalue weighted by Crippen LogP contribution is -2.30. The Morgan fingerprint density at radius 1 is 0.938 bits per heavy atom. The second-order valence-electron chi connectivity index (χ2n) is 7.67. The first-order chi connectivity index (χ1) is 15.4. The molecular weight excluding hydrogens is 440 g/mol. The average Bonchev–Trinajstić information content (AvgIpc) is 3.22. The van der Waals surface area contributed by atoms with E-state index in [9.17, 15) is 13.2 Å². The van der Waals surface area contributed by atoms with Crippen molar-refractivity contribution < 1.29 is 13.2 Å². The molecule has 0 aliphatic carbocycles. The summed E-state index contributed by atoms with van der Waals surface area (Å²) in [6, 6.07) is 24.3. The van der Waals surface area contributed by atoms with Crippen molar-refractivity contribution in [2.75, 3.05) is 10.7 Å². The number of nitrogens with zero attached hydrogens (tertiary/aromatic N) is 2. The molecule has 0 saturated heterocycles. The van der Waals surface area contributed by atoms with Gasteiger partial charge in [0, 0.05) is 6.42 Å². The molecule has 1 aromatic heterocycles. The van der Waals surface area contributed by atoms with Crippen LogP contribution < -0.4 is 4.90 Å². The molecule has 1 amide bonds. The van der Waals surface area contributed by atoms with Gasteiger partial charge in [-0.25, -0.2) is 13.4 Å². The number of sulfone groups is 1. The minimum absolute atomic E-state index is 0.0686. The number of aromatic nitrogens is 1. The summed E-state index contributed by atoms with van der Waals surface area (Å²) >= 11 is 1.47. The zero-order valence-corrected chi connectivity index (χ0v) is 19.4. The molecule has 0 N–H and O–H groups in total. The molecule has 32 heavy (non-hydrogen) atoms. The van der Waals surface area contributed by atoms with Crippen molar-refractivity contribution in [1.82, 2.24) is 4.98 Å². The number of hydrogen-bond donors (Lipinski definition) is 0. The zero-order valence-electron chi connectivity index (χ0n) is 17.8. The number of rotatable bonds is 8. The van der Waals surface area contributed by atoms with Gasteiger partial charge in [-0.2, -0.15) is 0 Å². The van der Waals surface area contributed by atoms with Gasteiger partial charge in [0.1, 0.15) is 0 Å². The Morgan fingerprint density at radius 3 is 2.34 bits per heavy atom. The van der Waals surface area contributed by atoms with Gasteiger partial charge in [-0.05, 0) is 43.2 Å². The Labute approximate surface area is 192 Å². The van der Waals surface area contributed by atoms with E-state index in [4.69, 9.17) is 0 Å². The summed E-state index contributed by atoms with van der Waals surface area (Å²) in [6.45, 7) is 2.31. The predicted molar refractivity (Wildman–Crippen MR) is 130 cm³/mol. The fourth-order valence-electron chi connectivity index (χ4n) is 3.42. The highest BCUT2D eigenvalue weighted by Crippen LogP contribution is 2.30. The third kappa shape index (κ3) is 5.23. The van der Waals surface area contributed by atoms with Gasteiger partial charge in [0.15, 0.2) is 15.0 Å². The van der Waals surface area contributed by atoms with Crippen LogP contribution in [0.1, 0.15) is 24.0 Å². The van der Waals surface area contributed by atoms with Crippen molar-refractivity contribution in [3.63, 3.8) is 0 Å². The number of hydrogen-bond acceptors (Lipinski definition) is 5. The molecule has 5 nitrogen and oxygen atoms in total. The van der Waals surface area contributed by atoms with E-state index in [1.807, 2.05) is 61.5 Å². The van der Waals surface area contributed by atoms with Crippen LogP contribution in [0.3, 0.4) is 0 Å². The molecule has 0 bridgehead atoms. The summed E-state index contributed by atoms with van der Waals surface area (Å²) in [5.41, 5.74) is 2.85. The molecule has 0 radical (unpaired) electrons. The average molecular weight is 465 g/mol. The number of carbonyl (C=O) groups is 1. The van der Waals surface area contributed by atoms with E-state index in [-0.39, 0.29) is 24.5 Å². The Kier molecular flexibility index (Phi) is 6.67. The van der Waals surface area contributed by atoms with Gasteiger partial charge in [-0.15, -0.1) is 0 Å². The zero-order chi connectivity index (χ0) is 22.6. The Hall–Kier alpha value is -3.03. The van der Waals surface area contributed by atoms with Crippen LogP contribution in [0.4, 0.5) is 5.13 Å². The van der Waals surface area contributed by atoms with Crippen LogP contribution in [0.5, 0.6) is 0 Å². The van der Waals surface area contributed by atoms with Crippen molar-refractivity contribution in [3.8, 4) is 0 Å². The number of benzene rings is 3. The highest BCUT2D eigenvalue weighted by molar-refractivity contribution is 7.91. The summed E-state index contributed by atoms with van der Waals surface area (Å²) in [6.07, 6.45) is 0.388. The predicted octanol–water partition coefficient (Wildman–Crippen LogP) is 5.39. The molecule has 7 heteroatoms. The van der Waals surface area contributed by atoms with Gasteiger partial charge < -0.3 is 0 Å². The normalized spacial score (nSPS) is 11.5. The van der Waals surface area contributed by atoms with E-state index >= 15 is 0 Å². The Bertz CT molecular complexity index is 1280. The summed E-state index contributed by atoms with van der Waals surface area (Å²) in [7, 11) is -3.43. The van der Waals surface area contributed by atoms with Gasteiger partial charge in [0.05, 0.1) is 27.4 Å². The number of para-hydroxylation sites is 1. The van der Waals surface area contributed by atoms with E-state index in [1.54, 1.807) is 29.2 Å². The maximum Gasteiger partial charge on any atom is 0.229 e. The number of thiazole rings is 1. The number of aryl methyl sites for hydroxylation is 1. The summed E-state index contributed by atoms with van der Waals surface area (Å²) in [5.74, 6) is -0.201. The lowest BCUT2D eigenvalue weighted by Gasteiger charge is -2.20. The summed E-state index contributed by atoms with van der Waals surface area (Å²) < 4.78 is 26.3. The van der Waals surface area contributed by atoms with Crippen LogP contribution in [0.2, 0.25) is 0 Å². The van der Waals surface area contributed by atoms with Gasteiger partial charge in [-0.3, -0.25) is 9.69 Å². The van der Waals surface area contributed by atoms with Crippen molar-refractivity contribution in [2.45, 2.75) is 31.2 Å². The van der Waals surface area contributed by atoms with Crippen molar-refractivity contribution >= 4 is 42.4 Å². The Morgan fingerprint density at radius 2 is 1.62 bits per heavy atom. The van der Waals surface area contributed by atoms with Crippen molar-refractivity contribution in [1.29, 1.82) is 0 Å². The lowest BCUT2D eigenvalue weighted by atomic mass is 10.2. The second-order valence-corrected chi connectivity index (χ2v) is 10.8. The van der Waals surface area contributed by atoms with Gasteiger partial charge in [0.25, 0.3) is 0 Å². The highest BCUT2D eigenvalue weighted by atomic mass is 32.2. The van der Waals surface area contributed by atoms with Gasteiger partial charge >= 0.3 is 0 Å². The van der Waals surface area contributed by atoms with E-state index in [0.29, 0.717) is 16.6 Å². The van der Waals surface area contributed by atoms with Gasteiger partial charge in [-0.1, -0.05) is 71.5 Å². The van der Waals surface area contributed by atoms with E-state index in [0.717, 1.165) is 21.3 Å². The maximum atomic E-state index is 13.2. The smallest absolute Gasteiger partial charge is 0.229 e. The third-order valence-corrected chi connectivity index (χ3v) is 8.06. The third-order valence-electron chi connectivity index (χ3n) is 5.18. The quantitative estimate of drug-likeness (QED) is 0.351. The lowest BCUT2D eigenvalue weighted by molar-refractivity contribution is -0.118. The van der Waals surface area contributed by atoms with E-state index in [2.05, 4.69) is 4.98 Å². The summed E-state index contributed by atoms with van der Waals surface area (Å²) in [4.78, 5) is 19.8. The molecule has 4 rings (SSSR count). The largest absolute Gasteiger partial charge is 0.284 e. The molecule has 0 aliphatic heterocycles. The molecule has 0 spiro atoms. The van der Waals surface area contributed by atoms with Crippen LogP contribution >= 0.6 is 11.3 Å². The number of amides is 1. The molecule has 164 valence electrons. The molecule has 0 atom stereocenters. The molecular formula is C25H24N2O3S2. The fraction of sp³-hybridized carbons (Fsp3) is 0.200. The molecule has 0 fully saturated rings. The van der Waals surface area contributed by atoms with Crippen molar-refractivity contribution in [2.24, 2.45) is 0 Å². The number of fused-ring (bicyclic) bond motifs is 1. The van der Waals surface area contributed by atoms with Crippen LogP contribution in [0.15, 0.2) is 83.8 Å². The minimum atomic E-state index is -3.43. The topological polar surface area (TPSA) is 67.3 Å². The number of carbonyl (C=O) groups excluding carboxylic acids is 1. The van der Waals surface area contributed by atoms with Gasteiger partial charge in [0.2, 0.25) is 5.91 Å².